The first kappa shape index (κ1) is 12.9. The fourth-order valence-electron chi connectivity index (χ4n) is 2.32. The van der Waals surface area contributed by atoms with Crippen LogP contribution in [0.25, 0.3) is 0 Å². The average molecular weight is 247 g/mol. The third kappa shape index (κ3) is 2.66. The Hall–Kier alpha value is -1.51. The number of carbonyl (C=O) groups is 1. The van der Waals surface area contributed by atoms with E-state index in [0.717, 1.165) is 24.7 Å². The van der Waals surface area contributed by atoms with E-state index in [1.807, 2.05) is 18.2 Å². The molecule has 1 fully saturated rings. The molecule has 3 nitrogen and oxygen atoms in total. The van der Waals surface area contributed by atoms with Crippen molar-refractivity contribution in [3.05, 3.63) is 23.8 Å². The number of hydrogen-bond donors (Lipinski definition) is 0. The summed E-state index contributed by atoms with van der Waals surface area (Å²) in [6.07, 6.45) is 2.63. The van der Waals surface area contributed by atoms with Gasteiger partial charge in [0, 0.05) is 13.1 Å². The van der Waals surface area contributed by atoms with Crippen LogP contribution in [0, 0.1) is 5.92 Å². The van der Waals surface area contributed by atoms with Crippen molar-refractivity contribution in [2.24, 2.45) is 5.92 Å². The molecule has 0 spiro atoms. The quantitative estimate of drug-likeness (QED) is 0.723. The Morgan fingerprint density at radius 3 is 2.67 bits per heavy atom. The fourth-order valence-corrected chi connectivity index (χ4v) is 2.32. The Labute approximate surface area is 109 Å². The summed E-state index contributed by atoms with van der Waals surface area (Å²) in [4.78, 5) is 14.1. The maximum atomic E-state index is 11.9. The minimum Gasteiger partial charge on any atom is -0.496 e. The number of anilines is 1. The largest absolute Gasteiger partial charge is 0.496 e. The smallest absolute Gasteiger partial charge is 0.165 e. The summed E-state index contributed by atoms with van der Waals surface area (Å²) in [6, 6.07) is 5.83. The SMILES string of the molecule is CCN(CC1CC1)c1cccc(OC)c1C(C)=O. The van der Waals surface area contributed by atoms with E-state index in [0.29, 0.717) is 11.3 Å². The number of hydrogen-bond acceptors (Lipinski definition) is 3. The Balaban J connectivity index is 2.36. The molecule has 0 heterocycles. The van der Waals surface area contributed by atoms with Crippen molar-refractivity contribution in [3.63, 3.8) is 0 Å². The number of rotatable bonds is 6. The van der Waals surface area contributed by atoms with Crippen LogP contribution in [0.3, 0.4) is 0 Å². The van der Waals surface area contributed by atoms with E-state index in [1.165, 1.54) is 12.8 Å². The molecule has 0 N–H and O–H groups in total. The minimum absolute atomic E-state index is 0.0664. The molecular formula is C15H21NO2. The number of carbonyl (C=O) groups excluding carboxylic acids is 1. The van der Waals surface area contributed by atoms with Gasteiger partial charge in [0.15, 0.2) is 5.78 Å². The second kappa shape index (κ2) is 5.42. The van der Waals surface area contributed by atoms with Crippen LogP contribution >= 0.6 is 0 Å². The molecule has 0 radical (unpaired) electrons. The zero-order valence-electron chi connectivity index (χ0n) is 11.4. The van der Waals surface area contributed by atoms with Gasteiger partial charge in [0.05, 0.1) is 18.4 Å². The van der Waals surface area contributed by atoms with Crippen LogP contribution in [0.5, 0.6) is 5.75 Å². The Bertz CT molecular complexity index is 438. The third-order valence-corrected chi connectivity index (χ3v) is 3.47. The zero-order valence-corrected chi connectivity index (χ0v) is 11.4. The van der Waals surface area contributed by atoms with Gasteiger partial charge in [-0.3, -0.25) is 4.79 Å². The normalized spacial score (nSPS) is 14.4. The first-order valence-electron chi connectivity index (χ1n) is 6.60. The van der Waals surface area contributed by atoms with Gasteiger partial charge in [-0.1, -0.05) is 6.07 Å². The lowest BCUT2D eigenvalue weighted by atomic mass is 10.1. The summed E-state index contributed by atoms with van der Waals surface area (Å²) >= 11 is 0. The van der Waals surface area contributed by atoms with Crippen LogP contribution < -0.4 is 9.64 Å². The second-order valence-corrected chi connectivity index (χ2v) is 4.89. The number of Topliss-reactive ketones (excluding diaryl/α,β-unsaturated/α-hetero) is 1. The molecule has 2 rings (SSSR count). The highest BCUT2D eigenvalue weighted by Gasteiger charge is 2.26. The summed E-state index contributed by atoms with van der Waals surface area (Å²) in [7, 11) is 1.61. The fraction of sp³-hybridized carbons (Fsp3) is 0.533. The van der Waals surface area contributed by atoms with Gasteiger partial charge in [0.2, 0.25) is 0 Å². The van der Waals surface area contributed by atoms with Crippen LogP contribution in [0.4, 0.5) is 5.69 Å². The summed E-state index contributed by atoms with van der Waals surface area (Å²) in [5, 5.41) is 0. The van der Waals surface area contributed by atoms with Crippen molar-refractivity contribution in [3.8, 4) is 5.75 Å². The monoisotopic (exact) mass is 247 g/mol. The van der Waals surface area contributed by atoms with Crippen molar-refractivity contribution < 1.29 is 9.53 Å². The highest BCUT2D eigenvalue weighted by molar-refractivity contribution is 6.02. The van der Waals surface area contributed by atoms with Crippen molar-refractivity contribution in [1.29, 1.82) is 0 Å². The van der Waals surface area contributed by atoms with E-state index in [9.17, 15) is 4.79 Å². The van der Waals surface area contributed by atoms with E-state index in [4.69, 9.17) is 4.74 Å². The van der Waals surface area contributed by atoms with Gasteiger partial charge in [0.1, 0.15) is 5.75 Å². The molecule has 0 amide bonds. The zero-order chi connectivity index (χ0) is 13.1. The molecule has 98 valence electrons. The molecule has 1 aromatic carbocycles. The van der Waals surface area contributed by atoms with Gasteiger partial charge in [-0.05, 0) is 44.7 Å². The third-order valence-electron chi connectivity index (χ3n) is 3.47. The van der Waals surface area contributed by atoms with Crippen LogP contribution in [0.15, 0.2) is 18.2 Å². The molecule has 18 heavy (non-hydrogen) atoms. The highest BCUT2D eigenvalue weighted by atomic mass is 16.5. The first-order chi connectivity index (χ1) is 8.67. The molecule has 1 aliphatic carbocycles. The maximum Gasteiger partial charge on any atom is 0.165 e. The van der Waals surface area contributed by atoms with Gasteiger partial charge in [-0.15, -0.1) is 0 Å². The Kier molecular flexibility index (Phi) is 3.90. The minimum atomic E-state index is 0.0664. The molecule has 1 aromatic rings. The summed E-state index contributed by atoms with van der Waals surface area (Å²) < 4.78 is 5.32. The highest BCUT2D eigenvalue weighted by Crippen LogP contribution is 2.34. The summed E-state index contributed by atoms with van der Waals surface area (Å²) in [6.45, 7) is 5.70. The topological polar surface area (TPSA) is 29.5 Å². The van der Waals surface area contributed by atoms with E-state index in [2.05, 4.69) is 11.8 Å². The molecule has 0 saturated heterocycles. The Morgan fingerprint density at radius 2 is 2.17 bits per heavy atom. The number of ketones is 1. The van der Waals surface area contributed by atoms with Crippen molar-refractivity contribution >= 4 is 11.5 Å². The number of nitrogens with zero attached hydrogens (tertiary/aromatic N) is 1. The lowest BCUT2D eigenvalue weighted by Gasteiger charge is -2.26. The average Bonchev–Trinajstić information content (AvgIpc) is 3.18. The predicted molar refractivity (Wildman–Crippen MR) is 73.6 cm³/mol. The molecule has 0 bridgehead atoms. The van der Waals surface area contributed by atoms with Crippen molar-refractivity contribution in [1.82, 2.24) is 0 Å². The van der Waals surface area contributed by atoms with Crippen LogP contribution in [0.2, 0.25) is 0 Å². The summed E-state index contributed by atoms with van der Waals surface area (Å²) in [5.74, 6) is 1.54. The molecular weight excluding hydrogens is 226 g/mol. The lowest BCUT2D eigenvalue weighted by molar-refractivity contribution is 0.101. The van der Waals surface area contributed by atoms with Gasteiger partial charge >= 0.3 is 0 Å². The van der Waals surface area contributed by atoms with Crippen LogP contribution in [-0.2, 0) is 0 Å². The summed E-state index contributed by atoms with van der Waals surface area (Å²) in [5.41, 5.74) is 1.72. The van der Waals surface area contributed by atoms with Gasteiger partial charge in [-0.25, -0.2) is 0 Å². The Morgan fingerprint density at radius 1 is 1.44 bits per heavy atom. The van der Waals surface area contributed by atoms with Gasteiger partial charge < -0.3 is 9.64 Å². The standard InChI is InChI=1S/C15H21NO2/c1-4-16(10-12-8-9-12)13-6-5-7-14(18-3)15(13)11(2)17/h5-7,12H,4,8-10H2,1-3H3. The van der Waals surface area contributed by atoms with Crippen LogP contribution in [0.1, 0.15) is 37.0 Å². The maximum absolute atomic E-state index is 11.9. The molecule has 3 heteroatoms. The molecule has 0 aliphatic heterocycles. The predicted octanol–water partition coefficient (Wildman–Crippen LogP) is 3.13. The molecule has 0 aromatic heterocycles. The van der Waals surface area contributed by atoms with E-state index < -0.39 is 0 Å². The molecule has 1 aliphatic rings. The van der Waals surface area contributed by atoms with Gasteiger partial charge in [-0.2, -0.15) is 0 Å². The van der Waals surface area contributed by atoms with E-state index in [1.54, 1.807) is 14.0 Å². The number of methoxy groups -OCH3 is 1. The number of benzene rings is 1. The molecule has 1 saturated carbocycles. The van der Waals surface area contributed by atoms with Crippen molar-refractivity contribution in [2.75, 3.05) is 25.1 Å². The van der Waals surface area contributed by atoms with E-state index in [-0.39, 0.29) is 5.78 Å². The number of ether oxygens (including phenoxy) is 1. The first-order valence-corrected chi connectivity index (χ1v) is 6.60. The van der Waals surface area contributed by atoms with Gasteiger partial charge in [0.25, 0.3) is 0 Å². The molecule has 0 unspecified atom stereocenters. The lowest BCUT2D eigenvalue weighted by Crippen LogP contribution is -2.27. The van der Waals surface area contributed by atoms with E-state index >= 15 is 0 Å². The second-order valence-electron chi connectivity index (χ2n) is 4.89. The molecule has 0 atom stereocenters. The van der Waals surface area contributed by atoms with Crippen LogP contribution in [-0.4, -0.2) is 26.0 Å². The van der Waals surface area contributed by atoms with Crippen molar-refractivity contribution in [2.45, 2.75) is 26.7 Å².